The van der Waals surface area contributed by atoms with E-state index in [1.807, 2.05) is 0 Å². The van der Waals surface area contributed by atoms with Gasteiger partial charge in [0.2, 0.25) is 0 Å². The summed E-state index contributed by atoms with van der Waals surface area (Å²) in [4.78, 5) is 2.55. The fourth-order valence-corrected chi connectivity index (χ4v) is 1.78. The van der Waals surface area contributed by atoms with E-state index < -0.39 is 0 Å². The first-order chi connectivity index (χ1) is 5.83. The molecular weight excluding hydrogens is 150 g/mol. The summed E-state index contributed by atoms with van der Waals surface area (Å²) in [6.07, 6.45) is 2.78. The van der Waals surface area contributed by atoms with Gasteiger partial charge < -0.3 is 9.64 Å². The van der Waals surface area contributed by atoms with Gasteiger partial charge in [-0.1, -0.05) is 6.92 Å². The molecule has 1 aliphatic rings. The maximum absolute atomic E-state index is 5.38. The average Bonchev–Trinajstić information content (AvgIpc) is 2.53. The summed E-state index contributed by atoms with van der Waals surface area (Å²) in [6.45, 7) is 9.93. The Labute approximate surface area is 75.9 Å². The lowest BCUT2D eigenvalue weighted by molar-refractivity contribution is 0.101. The van der Waals surface area contributed by atoms with Gasteiger partial charge >= 0.3 is 0 Å². The van der Waals surface area contributed by atoms with Crippen molar-refractivity contribution in [1.29, 1.82) is 0 Å². The van der Waals surface area contributed by atoms with Crippen LogP contribution < -0.4 is 0 Å². The molecule has 0 bridgehead atoms. The van der Waals surface area contributed by atoms with Crippen LogP contribution in [0.4, 0.5) is 0 Å². The van der Waals surface area contributed by atoms with Crippen LogP contribution in [0.25, 0.3) is 0 Å². The Bertz CT molecular complexity index is 110. The molecule has 1 heterocycles. The van der Waals surface area contributed by atoms with Gasteiger partial charge in [-0.15, -0.1) is 0 Å². The van der Waals surface area contributed by atoms with Crippen molar-refractivity contribution in [3.05, 3.63) is 0 Å². The number of ether oxygens (including phenoxy) is 1. The molecule has 1 atom stereocenters. The van der Waals surface area contributed by atoms with Crippen molar-refractivity contribution < 1.29 is 4.74 Å². The molecule has 0 amide bonds. The van der Waals surface area contributed by atoms with Gasteiger partial charge in [-0.3, -0.25) is 0 Å². The van der Waals surface area contributed by atoms with Crippen molar-refractivity contribution in [2.24, 2.45) is 5.92 Å². The van der Waals surface area contributed by atoms with Crippen LogP contribution in [0.3, 0.4) is 0 Å². The molecule has 1 fully saturated rings. The summed E-state index contributed by atoms with van der Waals surface area (Å²) in [5.41, 5.74) is 0. The van der Waals surface area contributed by atoms with Crippen LogP contribution in [0.1, 0.15) is 26.7 Å². The number of nitrogens with zero attached hydrogens (tertiary/aromatic N) is 1. The molecule has 0 unspecified atom stereocenters. The molecule has 0 saturated carbocycles. The van der Waals surface area contributed by atoms with E-state index in [9.17, 15) is 0 Å². The predicted octanol–water partition coefficient (Wildman–Crippen LogP) is 1.75. The molecule has 0 aliphatic carbocycles. The second kappa shape index (κ2) is 5.55. The van der Waals surface area contributed by atoms with Crippen molar-refractivity contribution in [1.82, 2.24) is 4.90 Å². The molecule has 1 saturated heterocycles. The normalized spacial score (nSPS) is 21.5. The van der Waals surface area contributed by atoms with Crippen LogP contribution in [0.2, 0.25) is 0 Å². The molecule has 0 aromatic rings. The van der Waals surface area contributed by atoms with Crippen molar-refractivity contribution in [2.45, 2.75) is 26.7 Å². The lowest BCUT2D eigenvalue weighted by Crippen LogP contribution is -2.27. The second-order valence-corrected chi connectivity index (χ2v) is 3.77. The highest BCUT2D eigenvalue weighted by Crippen LogP contribution is 2.10. The zero-order chi connectivity index (χ0) is 8.81. The van der Waals surface area contributed by atoms with Crippen LogP contribution in [-0.2, 0) is 4.74 Å². The second-order valence-electron chi connectivity index (χ2n) is 3.77. The van der Waals surface area contributed by atoms with Gasteiger partial charge in [-0.2, -0.15) is 0 Å². The summed E-state index contributed by atoms with van der Waals surface area (Å²) >= 11 is 0. The van der Waals surface area contributed by atoms with Gasteiger partial charge in [0.1, 0.15) is 0 Å². The quantitative estimate of drug-likeness (QED) is 0.625. The lowest BCUT2D eigenvalue weighted by atomic mass is 10.2. The minimum atomic E-state index is 0.697. The van der Waals surface area contributed by atoms with E-state index in [0.717, 1.165) is 13.2 Å². The van der Waals surface area contributed by atoms with Gasteiger partial charge in [-0.25, -0.2) is 0 Å². The molecule has 0 N–H and O–H groups in total. The summed E-state index contributed by atoms with van der Waals surface area (Å²) in [5, 5.41) is 0. The Kier molecular flexibility index (Phi) is 4.62. The fourth-order valence-electron chi connectivity index (χ4n) is 1.78. The van der Waals surface area contributed by atoms with Gasteiger partial charge in [0, 0.05) is 13.2 Å². The Balaban J connectivity index is 2.03. The van der Waals surface area contributed by atoms with E-state index in [0.29, 0.717) is 5.92 Å². The Hall–Kier alpha value is -0.0800. The standard InChI is InChI=1S/C10H21NO/c1-3-12-9-10(2)8-11-6-4-5-7-11/h10H,3-9H2,1-2H3/t10-/m1/s1. The fraction of sp³-hybridized carbons (Fsp3) is 1.00. The third-order valence-corrected chi connectivity index (χ3v) is 2.38. The summed E-state index contributed by atoms with van der Waals surface area (Å²) < 4.78 is 5.38. The Morgan fingerprint density at radius 1 is 1.33 bits per heavy atom. The molecule has 0 spiro atoms. The SMILES string of the molecule is CCOC[C@H](C)CN1CCCC1. The monoisotopic (exact) mass is 171 g/mol. The van der Waals surface area contributed by atoms with Crippen molar-refractivity contribution in [2.75, 3.05) is 32.8 Å². The van der Waals surface area contributed by atoms with Crippen LogP contribution >= 0.6 is 0 Å². The third-order valence-electron chi connectivity index (χ3n) is 2.38. The molecule has 1 rings (SSSR count). The molecular formula is C10H21NO. The summed E-state index contributed by atoms with van der Waals surface area (Å²) in [7, 11) is 0. The van der Waals surface area contributed by atoms with Gasteiger partial charge in [0.05, 0.1) is 6.61 Å². The number of likely N-dealkylation sites (tertiary alicyclic amines) is 1. The Morgan fingerprint density at radius 2 is 2.00 bits per heavy atom. The van der Waals surface area contributed by atoms with Crippen LogP contribution in [0, 0.1) is 5.92 Å². The summed E-state index contributed by atoms with van der Waals surface area (Å²) in [5.74, 6) is 0.697. The van der Waals surface area contributed by atoms with E-state index >= 15 is 0 Å². The first kappa shape index (κ1) is 10.0. The average molecular weight is 171 g/mol. The highest BCUT2D eigenvalue weighted by atomic mass is 16.5. The number of hydrogen-bond donors (Lipinski definition) is 0. The zero-order valence-corrected chi connectivity index (χ0v) is 8.38. The molecule has 12 heavy (non-hydrogen) atoms. The molecule has 1 aliphatic heterocycles. The van der Waals surface area contributed by atoms with E-state index in [-0.39, 0.29) is 0 Å². The summed E-state index contributed by atoms with van der Waals surface area (Å²) in [6, 6.07) is 0. The third kappa shape index (κ3) is 3.55. The van der Waals surface area contributed by atoms with E-state index in [2.05, 4.69) is 18.7 Å². The van der Waals surface area contributed by atoms with Crippen molar-refractivity contribution in [3.8, 4) is 0 Å². The molecule has 0 aromatic heterocycles. The smallest absolute Gasteiger partial charge is 0.0503 e. The van der Waals surface area contributed by atoms with E-state index in [1.165, 1.54) is 32.5 Å². The molecule has 2 nitrogen and oxygen atoms in total. The van der Waals surface area contributed by atoms with Crippen LogP contribution in [-0.4, -0.2) is 37.7 Å². The van der Waals surface area contributed by atoms with E-state index in [1.54, 1.807) is 0 Å². The highest BCUT2D eigenvalue weighted by molar-refractivity contribution is 4.68. The first-order valence-corrected chi connectivity index (χ1v) is 5.13. The topological polar surface area (TPSA) is 12.5 Å². The van der Waals surface area contributed by atoms with E-state index in [4.69, 9.17) is 4.74 Å². The van der Waals surface area contributed by atoms with Crippen molar-refractivity contribution in [3.63, 3.8) is 0 Å². The molecule has 72 valence electrons. The van der Waals surface area contributed by atoms with Gasteiger partial charge in [0.15, 0.2) is 0 Å². The maximum Gasteiger partial charge on any atom is 0.0503 e. The first-order valence-electron chi connectivity index (χ1n) is 5.13. The highest BCUT2D eigenvalue weighted by Gasteiger charge is 2.14. The largest absolute Gasteiger partial charge is 0.381 e. The number of hydrogen-bond acceptors (Lipinski definition) is 2. The van der Waals surface area contributed by atoms with Crippen LogP contribution in [0.15, 0.2) is 0 Å². The van der Waals surface area contributed by atoms with Gasteiger partial charge in [-0.05, 0) is 38.8 Å². The minimum Gasteiger partial charge on any atom is -0.381 e. The maximum atomic E-state index is 5.38. The Morgan fingerprint density at radius 3 is 2.58 bits per heavy atom. The van der Waals surface area contributed by atoms with Crippen molar-refractivity contribution >= 4 is 0 Å². The van der Waals surface area contributed by atoms with Crippen LogP contribution in [0.5, 0.6) is 0 Å². The predicted molar refractivity (Wildman–Crippen MR) is 51.3 cm³/mol. The molecule has 0 radical (unpaired) electrons. The minimum absolute atomic E-state index is 0.697. The van der Waals surface area contributed by atoms with Gasteiger partial charge in [0.25, 0.3) is 0 Å². The lowest BCUT2D eigenvalue weighted by Gasteiger charge is -2.19. The number of rotatable bonds is 5. The zero-order valence-electron chi connectivity index (χ0n) is 8.38. The molecule has 2 heteroatoms. The molecule has 0 aromatic carbocycles.